The molecule has 2 aromatic carbocycles. The number of carboxylic acids is 1. The van der Waals surface area contributed by atoms with E-state index in [0.29, 0.717) is 17.7 Å². The monoisotopic (exact) mass is 370 g/mol. The van der Waals surface area contributed by atoms with Gasteiger partial charge in [0, 0.05) is 17.7 Å². The van der Waals surface area contributed by atoms with E-state index in [1.807, 2.05) is 19.1 Å². The molecule has 142 valence electrons. The van der Waals surface area contributed by atoms with Crippen molar-refractivity contribution in [2.75, 3.05) is 13.2 Å². The number of nitrogens with one attached hydrogen (secondary N) is 1. The molecular formula is C20H22N2O5. The van der Waals surface area contributed by atoms with Crippen LogP contribution in [0.15, 0.2) is 48.5 Å². The second-order valence-corrected chi connectivity index (χ2v) is 5.97. The molecule has 0 saturated heterocycles. The quantitative estimate of drug-likeness (QED) is 0.622. The molecule has 7 nitrogen and oxygen atoms in total. The summed E-state index contributed by atoms with van der Waals surface area (Å²) in [5.74, 6) is -2.03. The van der Waals surface area contributed by atoms with Crippen LogP contribution in [0.5, 0.6) is 5.75 Å². The Kier molecular flexibility index (Phi) is 6.93. The lowest BCUT2D eigenvalue weighted by Gasteiger charge is -2.14. The van der Waals surface area contributed by atoms with Crippen molar-refractivity contribution in [3.05, 3.63) is 65.2 Å². The Labute approximate surface area is 157 Å². The van der Waals surface area contributed by atoms with Gasteiger partial charge in [0.2, 0.25) is 5.91 Å². The zero-order chi connectivity index (χ0) is 19.8. The summed E-state index contributed by atoms with van der Waals surface area (Å²) in [5.41, 5.74) is 6.62. The van der Waals surface area contributed by atoms with Gasteiger partial charge >= 0.3 is 5.97 Å². The molecule has 0 radical (unpaired) electrons. The molecular weight excluding hydrogens is 348 g/mol. The number of carbonyl (C=O) groups is 3. The molecule has 0 bridgehead atoms. The molecule has 2 rings (SSSR count). The van der Waals surface area contributed by atoms with Gasteiger partial charge in [0.25, 0.3) is 5.91 Å². The van der Waals surface area contributed by atoms with Crippen LogP contribution in [0.25, 0.3) is 0 Å². The molecule has 0 aliphatic rings. The molecule has 27 heavy (non-hydrogen) atoms. The van der Waals surface area contributed by atoms with Crippen LogP contribution in [0.3, 0.4) is 0 Å². The first-order chi connectivity index (χ1) is 12.9. The number of aliphatic carboxylic acids is 1. The fourth-order valence-electron chi connectivity index (χ4n) is 2.52. The van der Waals surface area contributed by atoms with E-state index in [2.05, 4.69) is 5.32 Å². The maximum atomic E-state index is 12.2. The molecule has 0 aromatic heterocycles. The van der Waals surface area contributed by atoms with Gasteiger partial charge in [0.15, 0.2) is 0 Å². The van der Waals surface area contributed by atoms with Crippen LogP contribution in [0.2, 0.25) is 0 Å². The third kappa shape index (κ3) is 5.85. The molecule has 1 unspecified atom stereocenters. The van der Waals surface area contributed by atoms with Crippen LogP contribution in [-0.2, 0) is 11.2 Å². The summed E-state index contributed by atoms with van der Waals surface area (Å²) in [6.07, 6.45) is 0.280. The molecule has 0 fully saturated rings. The number of nitrogens with two attached hydrogens (primary N) is 1. The summed E-state index contributed by atoms with van der Waals surface area (Å²) in [5, 5.41) is 12.0. The average molecular weight is 370 g/mol. The first-order valence-electron chi connectivity index (χ1n) is 8.53. The summed E-state index contributed by atoms with van der Waals surface area (Å²) in [7, 11) is 0. The highest BCUT2D eigenvalue weighted by Crippen LogP contribution is 2.15. The summed E-state index contributed by atoms with van der Waals surface area (Å²) in [4.78, 5) is 34.8. The van der Waals surface area contributed by atoms with Crippen molar-refractivity contribution in [2.45, 2.75) is 13.3 Å². The number of carbonyl (C=O) groups excluding carboxylic acids is 2. The number of carboxylic acid groups (broad SMARTS) is 1. The van der Waals surface area contributed by atoms with E-state index in [-0.39, 0.29) is 13.0 Å². The lowest BCUT2D eigenvalue weighted by Crippen LogP contribution is -2.34. The van der Waals surface area contributed by atoms with Gasteiger partial charge in [-0.1, -0.05) is 12.1 Å². The van der Waals surface area contributed by atoms with Crippen molar-refractivity contribution in [3.8, 4) is 5.75 Å². The van der Waals surface area contributed by atoms with E-state index in [0.717, 1.165) is 11.3 Å². The van der Waals surface area contributed by atoms with Crippen molar-refractivity contribution in [3.63, 3.8) is 0 Å². The molecule has 4 N–H and O–H groups in total. The molecule has 0 aliphatic heterocycles. The van der Waals surface area contributed by atoms with Gasteiger partial charge in [-0.3, -0.25) is 14.4 Å². The Morgan fingerprint density at radius 3 is 2.15 bits per heavy atom. The molecule has 0 spiro atoms. The number of amides is 2. The van der Waals surface area contributed by atoms with Gasteiger partial charge in [-0.2, -0.15) is 0 Å². The zero-order valence-electron chi connectivity index (χ0n) is 15.0. The van der Waals surface area contributed by atoms with Crippen molar-refractivity contribution in [1.82, 2.24) is 5.32 Å². The molecule has 2 amide bonds. The van der Waals surface area contributed by atoms with Gasteiger partial charge < -0.3 is 20.9 Å². The Hall–Kier alpha value is -3.35. The van der Waals surface area contributed by atoms with Gasteiger partial charge in [0.1, 0.15) is 5.75 Å². The van der Waals surface area contributed by atoms with E-state index in [1.165, 1.54) is 24.3 Å². The number of rotatable bonds is 9. The second kappa shape index (κ2) is 9.38. The van der Waals surface area contributed by atoms with Crippen LogP contribution in [0.4, 0.5) is 0 Å². The molecule has 1 atom stereocenters. The lowest BCUT2D eigenvalue weighted by atomic mass is 9.99. The third-order valence-electron chi connectivity index (χ3n) is 4.01. The maximum absolute atomic E-state index is 12.2. The SMILES string of the molecule is CCOc1ccc(CC(CNC(=O)c2ccc(C(N)=O)cc2)C(=O)O)cc1. The fraction of sp³-hybridized carbons (Fsp3) is 0.250. The van der Waals surface area contributed by atoms with Crippen LogP contribution in [-0.4, -0.2) is 36.0 Å². The fourth-order valence-corrected chi connectivity index (χ4v) is 2.52. The Balaban J connectivity index is 1.96. The van der Waals surface area contributed by atoms with Crippen molar-refractivity contribution < 1.29 is 24.2 Å². The van der Waals surface area contributed by atoms with E-state index in [1.54, 1.807) is 12.1 Å². The van der Waals surface area contributed by atoms with Gasteiger partial charge in [-0.25, -0.2) is 0 Å². The van der Waals surface area contributed by atoms with Crippen LogP contribution in [0, 0.1) is 5.92 Å². The largest absolute Gasteiger partial charge is 0.494 e. The van der Waals surface area contributed by atoms with E-state index in [9.17, 15) is 19.5 Å². The van der Waals surface area contributed by atoms with E-state index < -0.39 is 23.7 Å². The Morgan fingerprint density at radius 1 is 1.04 bits per heavy atom. The molecule has 7 heteroatoms. The molecule has 0 saturated carbocycles. The molecule has 2 aromatic rings. The number of ether oxygens (including phenoxy) is 1. The van der Waals surface area contributed by atoms with Crippen molar-refractivity contribution >= 4 is 17.8 Å². The standard InChI is InChI=1S/C20H22N2O5/c1-2-27-17-9-3-13(4-10-17)11-16(20(25)26)12-22-19(24)15-7-5-14(6-8-15)18(21)23/h3-10,16H,2,11-12H2,1H3,(H2,21,23)(H,22,24)(H,25,26). The van der Waals surface area contributed by atoms with E-state index >= 15 is 0 Å². The predicted octanol–water partition coefficient (Wildman–Crippen LogP) is 1.86. The Bertz CT molecular complexity index is 800. The maximum Gasteiger partial charge on any atom is 0.308 e. The summed E-state index contributed by atoms with van der Waals surface area (Å²) in [6, 6.07) is 13.0. The van der Waals surface area contributed by atoms with Gasteiger partial charge in [-0.15, -0.1) is 0 Å². The third-order valence-corrected chi connectivity index (χ3v) is 4.01. The summed E-state index contributed by atoms with van der Waals surface area (Å²) >= 11 is 0. The molecule has 0 heterocycles. The Morgan fingerprint density at radius 2 is 1.63 bits per heavy atom. The van der Waals surface area contributed by atoms with Gasteiger partial charge in [0.05, 0.1) is 12.5 Å². The minimum absolute atomic E-state index is 0.0149. The molecule has 0 aliphatic carbocycles. The first kappa shape index (κ1) is 20.0. The highest BCUT2D eigenvalue weighted by Gasteiger charge is 2.19. The highest BCUT2D eigenvalue weighted by atomic mass is 16.5. The smallest absolute Gasteiger partial charge is 0.308 e. The highest BCUT2D eigenvalue weighted by molar-refractivity contribution is 5.97. The van der Waals surface area contributed by atoms with Crippen LogP contribution in [0.1, 0.15) is 33.2 Å². The second-order valence-electron chi connectivity index (χ2n) is 5.97. The zero-order valence-corrected chi connectivity index (χ0v) is 15.0. The normalized spacial score (nSPS) is 11.4. The van der Waals surface area contributed by atoms with Crippen LogP contribution < -0.4 is 15.8 Å². The number of benzene rings is 2. The van der Waals surface area contributed by atoms with Crippen molar-refractivity contribution in [1.29, 1.82) is 0 Å². The van der Waals surface area contributed by atoms with E-state index in [4.69, 9.17) is 10.5 Å². The van der Waals surface area contributed by atoms with Crippen LogP contribution >= 0.6 is 0 Å². The summed E-state index contributed by atoms with van der Waals surface area (Å²) in [6.45, 7) is 2.43. The number of hydrogen-bond acceptors (Lipinski definition) is 4. The minimum Gasteiger partial charge on any atom is -0.494 e. The number of primary amides is 1. The van der Waals surface area contributed by atoms with Gasteiger partial charge in [-0.05, 0) is 55.3 Å². The topological polar surface area (TPSA) is 119 Å². The van der Waals surface area contributed by atoms with Crippen molar-refractivity contribution in [2.24, 2.45) is 11.7 Å². The lowest BCUT2D eigenvalue weighted by molar-refractivity contribution is -0.141. The first-order valence-corrected chi connectivity index (χ1v) is 8.53. The average Bonchev–Trinajstić information content (AvgIpc) is 2.66. The minimum atomic E-state index is -0.992. The predicted molar refractivity (Wildman–Crippen MR) is 99.7 cm³/mol. The number of hydrogen-bond donors (Lipinski definition) is 3. The summed E-state index contributed by atoms with van der Waals surface area (Å²) < 4.78 is 5.36.